The Labute approximate surface area is 458 Å². The van der Waals surface area contributed by atoms with E-state index in [1.165, 1.54) is 127 Å². The van der Waals surface area contributed by atoms with Gasteiger partial charge >= 0.3 is 0 Å². The minimum absolute atomic E-state index is 1.18. The van der Waals surface area contributed by atoms with Gasteiger partial charge in [0.2, 0.25) is 0 Å². The molecule has 0 bridgehead atoms. The molecule has 10 heteroatoms. The first-order valence-corrected chi connectivity index (χ1v) is 29.8. The lowest BCUT2D eigenvalue weighted by Gasteiger charge is -2.45. The minimum Gasteiger partial charge on any atom is -0.309 e. The van der Waals surface area contributed by atoms with E-state index in [0.29, 0.717) is 0 Å². The van der Waals surface area contributed by atoms with Crippen molar-refractivity contribution in [2.45, 2.75) is 39.2 Å². The molecule has 1 nitrogen and oxygen atoms in total. The Balaban J connectivity index is 1.32. The highest BCUT2D eigenvalue weighted by atomic mass is 32.3. The first-order valence-electron chi connectivity index (χ1n) is 26.5. The summed E-state index contributed by atoms with van der Waals surface area (Å²) in [7, 11) is 12.5. The Bertz CT molecular complexity index is 3840. The van der Waals surface area contributed by atoms with Gasteiger partial charge in [-0.25, -0.2) is 0 Å². The molecule has 1 aromatic heterocycles. The molecule has 0 atom stereocenters. The molecule has 0 N–H and O–H groups in total. The van der Waals surface area contributed by atoms with Crippen LogP contribution in [-0.4, -0.2) is 59.5 Å². The molecule has 0 aliphatic carbocycles. The van der Waals surface area contributed by atoms with Gasteiger partial charge in [-0.15, -0.1) is 25.5 Å². The number of nitrogens with zero attached hydrogens (tertiary/aromatic N) is 1. The van der Waals surface area contributed by atoms with Crippen molar-refractivity contribution in [1.82, 2.24) is 4.57 Å². The van der Waals surface area contributed by atoms with Gasteiger partial charge in [0.15, 0.2) is 0 Å². The zero-order chi connectivity index (χ0) is 52.1. The molecular formula is C66H56B7NS2. The summed E-state index contributed by atoms with van der Waals surface area (Å²) in [6.07, 6.45) is 0. The van der Waals surface area contributed by atoms with Gasteiger partial charge in [-0.05, 0) is 106 Å². The number of hydrogen-bond acceptors (Lipinski definition) is 0. The van der Waals surface area contributed by atoms with Crippen LogP contribution in [0.2, 0.25) is 0 Å². The topological polar surface area (TPSA) is 4.93 Å². The predicted octanol–water partition coefficient (Wildman–Crippen LogP) is 6.61. The molecule has 0 spiro atoms. The van der Waals surface area contributed by atoms with Crippen LogP contribution >= 0.6 is 20.1 Å². The van der Waals surface area contributed by atoms with Crippen LogP contribution < -0.4 is 38.2 Å². The van der Waals surface area contributed by atoms with Gasteiger partial charge in [-0.1, -0.05) is 203 Å². The van der Waals surface area contributed by atoms with Crippen LogP contribution in [0, 0.1) is 0 Å². The normalized spacial score (nSPS) is 12.2. The van der Waals surface area contributed by atoms with E-state index in [4.69, 9.17) is 0 Å². The second-order valence-electron chi connectivity index (χ2n) is 20.2. The highest BCUT2D eigenvalue weighted by Crippen LogP contribution is 2.75. The maximum absolute atomic E-state index is 2.74. The lowest BCUT2D eigenvalue weighted by atomic mass is 9.65. The SMILES string of the molecule is Bc1c(B)c(B)c2c(c1B)c1c(B)c(S(c3ccccc3)(c3ccccc3)c3ccccc3)c(B)c(B)c1n2-c1c(-c2ccccc2)cc(S(c2ccccc2)(c2ccccc2)c2ccccc2)cc1-c1ccccc1. The van der Waals surface area contributed by atoms with Crippen LogP contribution in [0.1, 0.15) is 0 Å². The maximum Gasteiger partial charge on any atom is 0.141 e. The first-order chi connectivity index (χ1) is 37.2. The molecule has 0 saturated carbocycles. The fourth-order valence-electron chi connectivity index (χ4n) is 12.4. The molecule has 1 heterocycles. The lowest BCUT2D eigenvalue weighted by molar-refractivity contribution is 1.17. The fourth-order valence-corrected chi connectivity index (χ4v) is 20.7. The number of hydrogen-bond donors (Lipinski definition) is 0. The summed E-state index contributed by atoms with van der Waals surface area (Å²) in [5.41, 5.74) is 17.7. The van der Waals surface area contributed by atoms with E-state index in [0.717, 1.165) is 0 Å². The van der Waals surface area contributed by atoms with Crippen molar-refractivity contribution in [2.24, 2.45) is 0 Å². The standard InChI is InChI=1S/C66H56B7NS2/c67-56-54-55-57(68)66(76(48-35-19-6-20-36-48,49-37-21-7-22-38-49)50-39-23-8-24-40-50)62(73)61(72)65(55)74(64(54)60(71)59(70)58(56)69)63-52(43-25-9-1-10-26-43)41-51(42-53(63)44-27-11-2-12-28-44)75(45-29-13-3-14-30-45,46-31-15-4-16-32-46)47-33-17-5-18-34-47/h1-42H,67-73H2. The van der Waals surface area contributed by atoms with Gasteiger partial charge in [0.05, 0.1) is 5.69 Å². The van der Waals surface area contributed by atoms with Crippen LogP contribution in [-0.2, 0) is 0 Å². The van der Waals surface area contributed by atoms with Crippen LogP contribution in [0.5, 0.6) is 0 Å². The van der Waals surface area contributed by atoms with Gasteiger partial charge in [0.1, 0.15) is 54.9 Å². The number of benzene rings is 11. The quantitative estimate of drug-likeness (QED) is 0.129. The van der Waals surface area contributed by atoms with Crippen LogP contribution in [0.4, 0.5) is 0 Å². The van der Waals surface area contributed by atoms with Crippen molar-refractivity contribution in [2.75, 3.05) is 0 Å². The van der Waals surface area contributed by atoms with E-state index in [2.05, 4.69) is 314 Å². The van der Waals surface area contributed by atoms with Crippen LogP contribution in [0.3, 0.4) is 0 Å². The largest absolute Gasteiger partial charge is 0.309 e. The number of fused-ring (bicyclic) bond motifs is 3. The summed E-state index contributed by atoms with van der Waals surface area (Å²) in [6, 6.07) is 95.6. The van der Waals surface area contributed by atoms with Crippen molar-refractivity contribution in [3.8, 4) is 27.9 Å². The molecule has 12 aromatic rings. The van der Waals surface area contributed by atoms with E-state index in [1.807, 2.05) is 0 Å². The Morgan fingerprint density at radius 1 is 0.250 bits per heavy atom. The van der Waals surface area contributed by atoms with Crippen molar-refractivity contribution in [3.05, 3.63) is 255 Å². The average molecular weight is 1000 g/mol. The van der Waals surface area contributed by atoms with Crippen molar-refractivity contribution >= 4 is 135 Å². The summed E-state index contributed by atoms with van der Waals surface area (Å²) in [4.78, 5) is 10.6. The molecule has 12 rings (SSSR count). The van der Waals surface area contributed by atoms with E-state index in [-0.39, 0.29) is 0 Å². The molecule has 76 heavy (non-hydrogen) atoms. The van der Waals surface area contributed by atoms with Gasteiger partial charge < -0.3 is 4.57 Å². The van der Waals surface area contributed by atoms with Crippen LogP contribution in [0.15, 0.2) is 294 Å². The molecular weight excluding hydrogens is 947 g/mol. The minimum atomic E-state index is -2.10. The van der Waals surface area contributed by atoms with Gasteiger partial charge in [-0.2, -0.15) is 0 Å². The van der Waals surface area contributed by atoms with Gasteiger partial charge in [0.25, 0.3) is 0 Å². The zero-order valence-corrected chi connectivity index (χ0v) is 46.1. The highest BCUT2D eigenvalue weighted by molar-refractivity contribution is 8.34. The third kappa shape index (κ3) is 7.67. The fraction of sp³-hybridized carbons (Fsp3) is 0. The molecule has 0 saturated heterocycles. The summed E-state index contributed by atoms with van der Waals surface area (Å²) in [5, 5.41) is 2.66. The summed E-state index contributed by atoms with van der Waals surface area (Å²) in [6.45, 7) is 0. The molecule has 0 amide bonds. The van der Waals surface area contributed by atoms with E-state index < -0.39 is 20.1 Å². The third-order valence-electron chi connectivity index (χ3n) is 16.3. The maximum atomic E-state index is 2.74. The second kappa shape index (κ2) is 20.1. The second-order valence-corrected chi connectivity index (χ2v) is 26.3. The van der Waals surface area contributed by atoms with Gasteiger partial charge in [-0.3, -0.25) is 0 Å². The van der Waals surface area contributed by atoms with E-state index in [9.17, 15) is 0 Å². The third-order valence-corrected chi connectivity index (χ3v) is 24.3. The average Bonchev–Trinajstić information content (AvgIpc) is 3.90. The Morgan fingerprint density at radius 2 is 0.526 bits per heavy atom. The molecule has 0 radical (unpaired) electrons. The molecule has 0 aliphatic rings. The molecule has 0 fully saturated rings. The van der Waals surface area contributed by atoms with Crippen LogP contribution in [0.25, 0.3) is 49.7 Å². The lowest BCUT2D eigenvalue weighted by Crippen LogP contribution is -2.48. The van der Waals surface area contributed by atoms with E-state index >= 15 is 0 Å². The van der Waals surface area contributed by atoms with Crippen molar-refractivity contribution < 1.29 is 0 Å². The molecule has 0 aliphatic heterocycles. The predicted molar refractivity (Wildman–Crippen MR) is 349 cm³/mol. The molecule has 0 unspecified atom stereocenters. The monoisotopic (exact) mass is 1000 g/mol. The smallest absolute Gasteiger partial charge is 0.141 e. The number of aromatic nitrogens is 1. The summed E-state index contributed by atoms with van der Waals surface area (Å²) < 4.78 is 2.74. The van der Waals surface area contributed by atoms with Gasteiger partial charge in [0, 0.05) is 61.8 Å². The summed E-state index contributed by atoms with van der Waals surface area (Å²) >= 11 is 0. The highest BCUT2D eigenvalue weighted by Gasteiger charge is 2.39. The number of rotatable bonds is 11. The Kier molecular flexibility index (Phi) is 13.1. The first kappa shape index (κ1) is 49.3. The Hall–Kier alpha value is -7.63. The van der Waals surface area contributed by atoms with Crippen molar-refractivity contribution in [3.63, 3.8) is 0 Å². The van der Waals surface area contributed by atoms with Crippen molar-refractivity contribution in [1.29, 1.82) is 0 Å². The Morgan fingerprint density at radius 3 is 0.868 bits per heavy atom. The molecule has 11 aromatic carbocycles. The molecule has 358 valence electrons. The zero-order valence-electron chi connectivity index (χ0n) is 44.5. The van der Waals surface area contributed by atoms with E-state index in [1.54, 1.807) is 0 Å². The summed E-state index contributed by atoms with van der Waals surface area (Å²) in [5.74, 6) is 0.